The minimum atomic E-state index is -2.77. The van der Waals surface area contributed by atoms with Gasteiger partial charge in [-0.2, -0.15) is 0 Å². The van der Waals surface area contributed by atoms with E-state index in [0.29, 0.717) is 11.2 Å². The van der Waals surface area contributed by atoms with Gasteiger partial charge in [0.15, 0.2) is 0 Å². The van der Waals surface area contributed by atoms with Gasteiger partial charge >= 0.3 is 7.27 Å². The van der Waals surface area contributed by atoms with Gasteiger partial charge in [-0.25, -0.2) is 9.98 Å². The highest BCUT2D eigenvalue weighted by Gasteiger charge is 2.20. The van der Waals surface area contributed by atoms with Crippen molar-refractivity contribution < 1.29 is 13.7 Å². The Balaban J connectivity index is 2.12. The van der Waals surface area contributed by atoms with Crippen molar-refractivity contribution in [3.8, 4) is 5.75 Å². The third-order valence-corrected chi connectivity index (χ3v) is 3.66. The Morgan fingerprint density at radius 2 is 2.12 bits per heavy atom. The van der Waals surface area contributed by atoms with Crippen LogP contribution >= 0.6 is 0 Å². The Morgan fingerprint density at radius 3 is 2.80 bits per heavy atom. The minimum Gasteiger partial charge on any atom is -0.508 e. The smallest absolute Gasteiger partial charge is 0.508 e. The number of phenolic OH excluding ortho intramolecular Hbond substituents is 1. The third-order valence-electron chi connectivity index (χ3n) is 3.66. The maximum Gasteiger partial charge on any atom is 0.572 e. The molecule has 3 rings (SSSR count). The van der Waals surface area contributed by atoms with Crippen molar-refractivity contribution in [2.45, 2.75) is 0 Å². The highest BCUT2D eigenvalue weighted by molar-refractivity contribution is 6.61. The molecule has 0 radical (unpaired) electrons. The zero-order chi connectivity index (χ0) is 18.0. The topological polar surface area (TPSA) is 82.7 Å². The van der Waals surface area contributed by atoms with Crippen molar-refractivity contribution >= 4 is 37.4 Å². The standard InChI is InChI=1S/C16H13BF2N4O2/c1-23-15(5-3-11-8-20-9-21-11)22-14(16(23)25)6-10-2-4-12(24)7-13(10)17(18)19/h2-9,22,24H,1H3/b11-3-,14-6+,15-5+. The van der Waals surface area contributed by atoms with Crippen LogP contribution in [0.3, 0.4) is 0 Å². The fraction of sp³-hybridized carbons (Fsp3) is 0.0625. The van der Waals surface area contributed by atoms with Crippen molar-refractivity contribution in [1.82, 2.24) is 9.55 Å². The molecule has 25 heavy (non-hydrogen) atoms. The van der Waals surface area contributed by atoms with Crippen LogP contribution in [0.2, 0.25) is 0 Å². The maximum absolute atomic E-state index is 13.1. The summed E-state index contributed by atoms with van der Waals surface area (Å²) in [5.41, 5.74) is 0.564. The Bertz CT molecular complexity index is 1070. The fourth-order valence-electron chi connectivity index (χ4n) is 2.35. The molecule has 2 N–H and O–H groups in total. The van der Waals surface area contributed by atoms with E-state index >= 15 is 0 Å². The molecule has 0 amide bonds. The zero-order valence-corrected chi connectivity index (χ0v) is 13.1. The second-order valence-corrected chi connectivity index (χ2v) is 5.33. The number of halogens is 2. The predicted octanol–water partition coefficient (Wildman–Crippen LogP) is -0.341. The van der Waals surface area contributed by atoms with Gasteiger partial charge in [0.05, 0.1) is 11.9 Å². The molecule has 0 unspecified atom stereocenters. The molecule has 0 saturated carbocycles. The van der Waals surface area contributed by atoms with Crippen molar-refractivity contribution in [2.75, 3.05) is 0 Å². The number of benzene rings is 1. The van der Waals surface area contributed by atoms with Gasteiger partial charge in [-0.15, -0.1) is 0 Å². The van der Waals surface area contributed by atoms with Gasteiger partial charge in [-0.3, -0.25) is 18.0 Å². The largest absolute Gasteiger partial charge is 0.572 e. The molecule has 0 atom stereocenters. The van der Waals surface area contributed by atoms with E-state index in [-0.39, 0.29) is 27.7 Å². The van der Waals surface area contributed by atoms with Crippen molar-refractivity contribution in [3.05, 3.63) is 56.7 Å². The quantitative estimate of drug-likeness (QED) is 0.748. The summed E-state index contributed by atoms with van der Waals surface area (Å²) in [6, 6.07) is 3.62. The number of rotatable bonds is 3. The molecule has 0 aliphatic carbocycles. The second kappa shape index (κ2) is 6.72. The summed E-state index contributed by atoms with van der Waals surface area (Å²) in [7, 11) is -1.20. The summed E-state index contributed by atoms with van der Waals surface area (Å²) in [5, 5.41) is 9.53. The minimum absolute atomic E-state index is 0.156. The van der Waals surface area contributed by atoms with Crippen molar-refractivity contribution in [1.29, 1.82) is 0 Å². The number of hydrogen-bond acceptors (Lipinski definition) is 4. The lowest BCUT2D eigenvalue weighted by atomic mass is 9.81. The van der Waals surface area contributed by atoms with E-state index in [2.05, 4.69) is 15.0 Å². The molecular formula is C16H13BF2N4O2. The summed E-state index contributed by atoms with van der Waals surface area (Å²) >= 11 is 0. The first-order valence-electron chi connectivity index (χ1n) is 7.31. The number of nitrogens with one attached hydrogen (secondary N) is 1. The van der Waals surface area contributed by atoms with Crippen molar-refractivity contribution in [2.24, 2.45) is 17.0 Å². The van der Waals surface area contributed by atoms with Crippen molar-refractivity contribution in [3.63, 3.8) is 0 Å². The molecule has 0 spiro atoms. The molecule has 1 aliphatic rings. The lowest BCUT2D eigenvalue weighted by Gasteiger charge is -2.02. The number of imidazole rings is 1. The van der Waals surface area contributed by atoms with Crippen LogP contribution in [0.4, 0.5) is 8.63 Å². The molecule has 2 aromatic rings. The molecule has 2 heterocycles. The molecular weight excluding hydrogens is 329 g/mol. The van der Waals surface area contributed by atoms with E-state index in [9.17, 15) is 18.5 Å². The zero-order valence-electron chi connectivity index (χ0n) is 13.1. The van der Waals surface area contributed by atoms with Crippen LogP contribution in [0.25, 0.3) is 12.2 Å². The van der Waals surface area contributed by atoms with E-state index in [1.807, 2.05) is 0 Å². The number of allylic oxidation sites excluding steroid dienone is 2. The number of phenols is 1. The number of aromatic amines is 1. The maximum atomic E-state index is 13.1. The molecule has 0 saturated heterocycles. The normalized spacial score (nSPS) is 16.4. The van der Waals surface area contributed by atoms with Crippen LogP contribution < -0.4 is 21.9 Å². The average Bonchev–Trinajstić information content (AvgIpc) is 3.18. The van der Waals surface area contributed by atoms with Gasteiger partial charge in [0, 0.05) is 12.5 Å². The van der Waals surface area contributed by atoms with E-state index in [4.69, 9.17) is 0 Å². The SMILES string of the molecule is Cn1c(=O)/c(=C\c2ccc(O)cc2B(F)F)[nH]/c1=C\C=C1\C=NC=N1. The predicted molar refractivity (Wildman–Crippen MR) is 94.1 cm³/mol. The van der Waals surface area contributed by atoms with Crippen LogP contribution in [0.1, 0.15) is 5.56 Å². The van der Waals surface area contributed by atoms with Crippen LogP contribution in [0.15, 0.2) is 44.8 Å². The molecule has 0 fully saturated rings. The third kappa shape index (κ3) is 3.49. The summed E-state index contributed by atoms with van der Waals surface area (Å²) < 4.78 is 27.6. The monoisotopic (exact) mass is 342 g/mol. The highest BCUT2D eigenvalue weighted by atomic mass is 19.2. The van der Waals surface area contributed by atoms with E-state index in [1.165, 1.54) is 29.1 Å². The number of nitrogens with zero attached hydrogens (tertiary/aromatic N) is 3. The Labute approximate surface area is 141 Å². The van der Waals surface area contributed by atoms with Crippen LogP contribution in [0, 0.1) is 0 Å². The van der Waals surface area contributed by atoms with E-state index in [1.54, 1.807) is 25.4 Å². The molecule has 1 aromatic heterocycles. The fourth-order valence-corrected chi connectivity index (χ4v) is 2.35. The van der Waals surface area contributed by atoms with Gasteiger partial charge < -0.3 is 10.1 Å². The molecule has 6 nitrogen and oxygen atoms in total. The number of H-pyrrole nitrogens is 1. The van der Waals surface area contributed by atoms with Gasteiger partial charge in [-0.1, -0.05) is 6.07 Å². The Hall–Kier alpha value is -3.23. The van der Waals surface area contributed by atoms with Gasteiger partial charge in [-0.05, 0) is 35.9 Å². The van der Waals surface area contributed by atoms with E-state index in [0.717, 1.165) is 6.07 Å². The number of aromatic hydroxyl groups is 1. The van der Waals surface area contributed by atoms with E-state index < -0.39 is 7.27 Å². The Kier molecular flexibility index (Phi) is 4.47. The first kappa shape index (κ1) is 16.6. The number of hydrogen-bond donors (Lipinski definition) is 2. The number of aromatic nitrogens is 2. The molecule has 126 valence electrons. The number of aliphatic imine (C=N–C) groups is 2. The molecule has 9 heteroatoms. The highest BCUT2D eigenvalue weighted by Crippen LogP contribution is 2.10. The summed E-state index contributed by atoms with van der Waals surface area (Å²) in [6.45, 7) is 0. The molecule has 1 aromatic carbocycles. The molecule has 0 bridgehead atoms. The second-order valence-electron chi connectivity index (χ2n) is 5.33. The summed E-state index contributed by atoms with van der Waals surface area (Å²) in [6.07, 6.45) is 7.63. The average molecular weight is 342 g/mol. The van der Waals surface area contributed by atoms with Crippen LogP contribution in [-0.2, 0) is 7.05 Å². The summed E-state index contributed by atoms with van der Waals surface area (Å²) in [4.78, 5) is 23.0. The van der Waals surface area contributed by atoms with Crippen LogP contribution in [-0.4, -0.2) is 34.5 Å². The van der Waals surface area contributed by atoms with Gasteiger partial charge in [0.1, 0.15) is 22.9 Å². The van der Waals surface area contributed by atoms with Gasteiger partial charge in [0.2, 0.25) is 0 Å². The lowest BCUT2D eigenvalue weighted by molar-refractivity contribution is 0.475. The van der Waals surface area contributed by atoms with Gasteiger partial charge in [0.25, 0.3) is 5.56 Å². The van der Waals surface area contributed by atoms with Crippen LogP contribution in [0.5, 0.6) is 5.75 Å². The summed E-state index contributed by atoms with van der Waals surface area (Å²) in [5.74, 6) is -0.258. The Morgan fingerprint density at radius 1 is 1.32 bits per heavy atom. The lowest BCUT2D eigenvalue weighted by Crippen LogP contribution is -2.30. The first-order valence-corrected chi connectivity index (χ1v) is 7.31. The molecule has 1 aliphatic heterocycles. The first-order chi connectivity index (χ1) is 12.0.